The number of hydrogen-bond donors (Lipinski definition) is 1. The van der Waals surface area contributed by atoms with Gasteiger partial charge in [0, 0.05) is 10.0 Å². The summed E-state index contributed by atoms with van der Waals surface area (Å²) < 4.78 is 5.18. The minimum absolute atomic E-state index is 0.0542. The summed E-state index contributed by atoms with van der Waals surface area (Å²) in [5.41, 5.74) is 3.11. The first-order valence-electron chi connectivity index (χ1n) is 6.33. The number of aryl methyl sites for hydroxylation is 1. The molecule has 2 aromatic carbocycles. The van der Waals surface area contributed by atoms with E-state index in [1.165, 1.54) is 0 Å². The van der Waals surface area contributed by atoms with Gasteiger partial charge in [0.1, 0.15) is 5.75 Å². The lowest BCUT2D eigenvalue weighted by atomic mass is 9.97. The minimum atomic E-state index is -0.0542. The second-order valence-electron chi connectivity index (χ2n) is 4.63. The van der Waals surface area contributed by atoms with Crippen LogP contribution in [0.15, 0.2) is 36.4 Å². The maximum Gasteiger partial charge on any atom is 0.120 e. The number of methoxy groups -OCH3 is 1. The third-order valence-electron chi connectivity index (χ3n) is 3.27. The highest BCUT2D eigenvalue weighted by molar-refractivity contribution is 6.32. The lowest BCUT2D eigenvalue weighted by Crippen LogP contribution is -2.18. The Kier molecular flexibility index (Phi) is 4.92. The molecular weight excluding hydrogens is 293 g/mol. The van der Waals surface area contributed by atoms with Crippen LogP contribution in [0.4, 0.5) is 0 Å². The summed E-state index contributed by atoms with van der Waals surface area (Å²) in [7, 11) is 3.51. The van der Waals surface area contributed by atoms with E-state index in [0.717, 1.165) is 27.5 Å². The Balaban J connectivity index is 2.47. The first kappa shape index (κ1) is 15.2. The molecule has 0 aliphatic carbocycles. The maximum absolute atomic E-state index is 6.36. The van der Waals surface area contributed by atoms with Gasteiger partial charge in [-0.2, -0.15) is 0 Å². The van der Waals surface area contributed by atoms with Crippen LogP contribution in [-0.2, 0) is 0 Å². The topological polar surface area (TPSA) is 21.3 Å². The van der Waals surface area contributed by atoms with Gasteiger partial charge < -0.3 is 10.1 Å². The Labute approximate surface area is 129 Å². The van der Waals surface area contributed by atoms with Gasteiger partial charge in [0.15, 0.2) is 0 Å². The molecule has 0 bridgehead atoms. The summed E-state index contributed by atoms with van der Waals surface area (Å²) in [6, 6.07) is 11.6. The number of hydrogen-bond acceptors (Lipinski definition) is 2. The zero-order valence-corrected chi connectivity index (χ0v) is 13.2. The molecule has 1 N–H and O–H groups in total. The van der Waals surface area contributed by atoms with Crippen LogP contribution in [0.1, 0.15) is 22.7 Å². The summed E-state index contributed by atoms with van der Waals surface area (Å²) >= 11 is 12.7. The van der Waals surface area contributed by atoms with Gasteiger partial charge in [0.05, 0.1) is 13.2 Å². The van der Waals surface area contributed by atoms with Crippen LogP contribution >= 0.6 is 23.2 Å². The first-order valence-corrected chi connectivity index (χ1v) is 7.09. The van der Waals surface area contributed by atoms with E-state index in [-0.39, 0.29) is 6.04 Å². The Morgan fingerprint density at radius 1 is 1.00 bits per heavy atom. The zero-order chi connectivity index (χ0) is 14.7. The summed E-state index contributed by atoms with van der Waals surface area (Å²) in [5.74, 6) is 0.739. The van der Waals surface area contributed by atoms with Crippen LogP contribution in [0.25, 0.3) is 0 Å². The summed E-state index contributed by atoms with van der Waals surface area (Å²) in [6.45, 7) is 2.02. The van der Waals surface area contributed by atoms with Crippen molar-refractivity contribution in [2.24, 2.45) is 0 Å². The molecular formula is C16H17Cl2NO. The van der Waals surface area contributed by atoms with E-state index in [0.29, 0.717) is 5.02 Å². The molecule has 0 radical (unpaired) electrons. The van der Waals surface area contributed by atoms with Gasteiger partial charge >= 0.3 is 0 Å². The highest BCUT2D eigenvalue weighted by Crippen LogP contribution is 2.34. The van der Waals surface area contributed by atoms with E-state index < -0.39 is 0 Å². The number of ether oxygens (including phenoxy) is 1. The fraction of sp³-hybridized carbons (Fsp3) is 0.250. The standard InChI is InChI=1S/C16H17Cl2NO/c1-10-4-6-12(14(17)8-10)16(19-2)13-7-5-11(20-3)9-15(13)18/h4-9,16,19H,1-3H3. The third kappa shape index (κ3) is 3.09. The second-order valence-corrected chi connectivity index (χ2v) is 5.45. The molecule has 0 saturated heterocycles. The van der Waals surface area contributed by atoms with Crippen LogP contribution in [0.5, 0.6) is 5.75 Å². The highest BCUT2D eigenvalue weighted by atomic mass is 35.5. The maximum atomic E-state index is 6.36. The zero-order valence-electron chi connectivity index (χ0n) is 11.7. The number of nitrogens with one attached hydrogen (secondary N) is 1. The molecule has 4 heteroatoms. The van der Waals surface area contributed by atoms with Crippen molar-refractivity contribution in [3.63, 3.8) is 0 Å². The van der Waals surface area contributed by atoms with Crippen molar-refractivity contribution in [2.45, 2.75) is 13.0 Å². The van der Waals surface area contributed by atoms with Gasteiger partial charge in [-0.25, -0.2) is 0 Å². The Morgan fingerprint density at radius 3 is 2.10 bits per heavy atom. The third-order valence-corrected chi connectivity index (χ3v) is 3.93. The fourth-order valence-corrected chi connectivity index (χ4v) is 2.84. The Bertz CT molecular complexity index is 613. The van der Waals surface area contributed by atoms with Crippen LogP contribution in [0.3, 0.4) is 0 Å². The van der Waals surface area contributed by atoms with E-state index >= 15 is 0 Å². The quantitative estimate of drug-likeness (QED) is 0.890. The molecule has 0 spiro atoms. The summed E-state index contributed by atoms with van der Waals surface area (Å²) in [5, 5.41) is 4.65. The fourth-order valence-electron chi connectivity index (χ4n) is 2.21. The molecule has 0 aromatic heterocycles. The molecule has 1 atom stereocenters. The van der Waals surface area contributed by atoms with Gasteiger partial charge in [0.25, 0.3) is 0 Å². The Hall–Kier alpha value is -1.22. The van der Waals surface area contributed by atoms with Crippen LogP contribution in [0.2, 0.25) is 10.0 Å². The number of rotatable bonds is 4. The van der Waals surface area contributed by atoms with Crippen LogP contribution in [0, 0.1) is 6.92 Å². The second kappa shape index (κ2) is 6.49. The normalized spacial score (nSPS) is 12.2. The van der Waals surface area contributed by atoms with E-state index in [2.05, 4.69) is 5.32 Å². The SMILES string of the molecule is CNC(c1ccc(C)cc1Cl)c1ccc(OC)cc1Cl. The number of benzene rings is 2. The van der Waals surface area contributed by atoms with Crippen molar-refractivity contribution in [2.75, 3.05) is 14.2 Å². The van der Waals surface area contributed by atoms with Crippen molar-refractivity contribution in [1.82, 2.24) is 5.32 Å². The Morgan fingerprint density at radius 2 is 1.60 bits per heavy atom. The molecule has 0 heterocycles. The van der Waals surface area contributed by atoms with E-state index in [4.69, 9.17) is 27.9 Å². The van der Waals surface area contributed by atoms with Crippen molar-refractivity contribution in [3.05, 3.63) is 63.1 Å². The van der Waals surface area contributed by atoms with Crippen molar-refractivity contribution in [1.29, 1.82) is 0 Å². The first-order chi connectivity index (χ1) is 9.56. The van der Waals surface area contributed by atoms with Gasteiger partial charge in [-0.05, 0) is 48.9 Å². The largest absolute Gasteiger partial charge is 0.497 e. The smallest absolute Gasteiger partial charge is 0.120 e. The molecule has 0 fully saturated rings. The van der Waals surface area contributed by atoms with Gasteiger partial charge in [-0.15, -0.1) is 0 Å². The van der Waals surface area contributed by atoms with Crippen LogP contribution < -0.4 is 10.1 Å². The monoisotopic (exact) mass is 309 g/mol. The molecule has 2 nitrogen and oxygen atoms in total. The highest BCUT2D eigenvalue weighted by Gasteiger charge is 2.18. The van der Waals surface area contributed by atoms with E-state index in [9.17, 15) is 0 Å². The van der Waals surface area contributed by atoms with Gasteiger partial charge in [-0.1, -0.05) is 41.4 Å². The van der Waals surface area contributed by atoms with Crippen molar-refractivity contribution in [3.8, 4) is 5.75 Å². The lowest BCUT2D eigenvalue weighted by molar-refractivity contribution is 0.414. The number of halogens is 2. The average Bonchev–Trinajstić information content (AvgIpc) is 2.43. The molecule has 2 rings (SSSR count). The predicted molar refractivity (Wildman–Crippen MR) is 85.1 cm³/mol. The molecule has 0 aliphatic heterocycles. The molecule has 0 saturated carbocycles. The molecule has 1 unspecified atom stereocenters. The molecule has 2 aromatic rings. The lowest BCUT2D eigenvalue weighted by Gasteiger charge is -2.20. The molecule has 0 aliphatic rings. The predicted octanol–water partition coefficient (Wildman–Crippen LogP) is 4.62. The van der Waals surface area contributed by atoms with Crippen molar-refractivity contribution < 1.29 is 4.74 Å². The molecule has 106 valence electrons. The summed E-state index contributed by atoms with van der Waals surface area (Å²) in [4.78, 5) is 0. The molecule has 20 heavy (non-hydrogen) atoms. The minimum Gasteiger partial charge on any atom is -0.497 e. The van der Waals surface area contributed by atoms with Gasteiger partial charge in [-0.3, -0.25) is 0 Å². The van der Waals surface area contributed by atoms with E-state index in [1.807, 2.05) is 50.4 Å². The van der Waals surface area contributed by atoms with E-state index in [1.54, 1.807) is 7.11 Å². The van der Waals surface area contributed by atoms with Crippen molar-refractivity contribution >= 4 is 23.2 Å². The van der Waals surface area contributed by atoms with Crippen LogP contribution in [-0.4, -0.2) is 14.2 Å². The van der Waals surface area contributed by atoms with Gasteiger partial charge in [0.2, 0.25) is 0 Å². The average molecular weight is 310 g/mol. The summed E-state index contributed by atoms with van der Waals surface area (Å²) in [6.07, 6.45) is 0. The molecule has 0 amide bonds.